The molecule has 0 aliphatic heterocycles. The maximum atomic E-state index is 13.4. The molecular formula is C18H18FNO4. The number of ether oxygens (including phenoxy) is 2. The second-order valence-electron chi connectivity index (χ2n) is 5.28. The zero-order valence-corrected chi connectivity index (χ0v) is 13.5. The summed E-state index contributed by atoms with van der Waals surface area (Å²) >= 11 is 0. The first-order valence-electron chi connectivity index (χ1n) is 7.35. The molecule has 2 rings (SSSR count). The zero-order valence-electron chi connectivity index (χ0n) is 13.5. The summed E-state index contributed by atoms with van der Waals surface area (Å²) in [5.74, 6) is -1.09. The van der Waals surface area contributed by atoms with Crippen LogP contribution in [0.4, 0.5) is 10.1 Å². The van der Waals surface area contributed by atoms with Crippen LogP contribution in [0.15, 0.2) is 42.5 Å². The Bertz CT molecular complexity index is 746. The number of carbonyl (C=O) groups is 2. The van der Waals surface area contributed by atoms with Gasteiger partial charge >= 0.3 is 5.97 Å². The molecule has 0 aliphatic carbocycles. The number of benzene rings is 2. The van der Waals surface area contributed by atoms with Crippen molar-refractivity contribution in [1.29, 1.82) is 0 Å². The summed E-state index contributed by atoms with van der Waals surface area (Å²) in [6.45, 7) is 2.77. The normalized spacial score (nSPS) is 10.1. The van der Waals surface area contributed by atoms with Crippen molar-refractivity contribution in [3.05, 3.63) is 59.4 Å². The van der Waals surface area contributed by atoms with E-state index < -0.39 is 24.3 Å². The van der Waals surface area contributed by atoms with Crippen molar-refractivity contribution in [3.8, 4) is 5.75 Å². The fourth-order valence-corrected chi connectivity index (χ4v) is 1.90. The van der Waals surface area contributed by atoms with Crippen LogP contribution in [0.3, 0.4) is 0 Å². The molecule has 24 heavy (non-hydrogen) atoms. The van der Waals surface area contributed by atoms with Crippen molar-refractivity contribution in [2.24, 2.45) is 0 Å². The van der Waals surface area contributed by atoms with Gasteiger partial charge in [-0.15, -0.1) is 0 Å². The maximum Gasteiger partial charge on any atom is 0.344 e. The van der Waals surface area contributed by atoms with Crippen LogP contribution in [0.25, 0.3) is 0 Å². The van der Waals surface area contributed by atoms with Crippen LogP contribution in [0.2, 0.25) is 0 Å². The van der Waals surface area contributed by atoms with Gasteiger partial charge in [0.15, 0.2) is 13.2 Å². The number of hydrogen-bond acceptors (Lipinski definition) is 4. The molecule has 6 heteroatoms. The summed E-state index contributed by atoms with van der Waals surface area (Å²) in [7, 11) is 0. The molecule has 126 valence electrons. The van der Waals surface area contributed by atoms with Crippen LogP contribution >= 0.6 is 0 Å². The Morgan fingerprint density at radius 2 is 1.88 bits per heavy atom. The predicted octanol–water partition coefficient (Wildman–Crippen LogP) is 3.00. The Morgan fingerprint density at radius 3 is 2.58 bits per heavy atom. The Balaban J connectivity index is 1.74. The molecule has 0 radical (unpaired) electrons. The van der Waals surface area contributed by atoms with Gasteiger partial charge in [0.1, 0.15) is 11.6 Å². The molecule has 0 aliphatic rings. The quantitative estimate of drug-likeness (QED) is 0.827. The number of hydrogen-bond donors (Lipinski definition) is 1. The highest BCUT2D eigenvalue weighted by Gasteiger charge is 2.09. The second-order valence-corrected chi connectivity index (χ2v) is 5.28. The molecule has 0 aromatic heterocycles. The zero-order chi connectivity index (χ0) is 17.5. The number of amides is 1. The third-order valence-corrected chi connectivity index (χ3v) is 3.17. The standard InChI is InChI=1S/C18H18FNO4/c1-12-4-3-5-15(8-12)23-11-18(22)24-10-17(21)20-14-7-6-13(2)16(19)9-14/h3-9H,10-11H2,1-2H3,(H,20,21). The fraction of sp³-hybridized carbons (Fsp3) is 0.222. The average molecular weight is 331 g/mol. The fourth-order valence-electron chi connectivity index (χ4n) is 1.90. The van der Waals surface area contributed by atoms with Crippen molar-refractivity contribution < 1.29 is 23.5 Å². The van der Waals surface area contributed by atoms with E-state index in [2.05, 4.69) is 5.32 Å². The Labute approximate surface area is 139 Å². The molecular weight excluding hydrogens is 313 g/mol. The molecule has 0 fully saturated rings. The van der Waals surface area contributed by atoms with Crippen LogP contribution in [-0.2, 0) is 14.3 Å². The van der Waals surface area contributed by atoms with Gasteiger partial charge in [-0.1, -0.05) is 18.2 Å². The largest absolute Gasteiger partial charge is 0.482 e. The molecule has 5 nitrogen and oxygen atoms in total. The predicted molar refractivity (Wildman–Crippen MR) is 87.4 cm³/mol. The van der Waals surface area contributed by atoms with E-state index in [0.29, 0.717) is 17.0 Å². The number of anilines is 1. The summed E-state index contributed by atoms with van der Waals surface area (Å²) in [5.41, 5.74) is 1.79. The topological polar surface area (TPSA) is 64.6 Å². The molecule has 0 unspecified atom stereocenters. The maximum absolute atomic E-state index is 13.4. The lowest BCUT2D eigenvalue weighted by molar-refractivity contribution is -0.149. The molecule has 0 saturated heterocycles. The lowest BCUT2D eigenvalue weighted by Gasteiger charge is -2.08. The summed E-state index contributed by atoms with van der Waals surface area (Å²) in [6.07, 6.45) is 0. The number of carbonyl (C=O) groups excluding carboxylic acids is 2. The number of nitrogens with one attached hydrogen (secondary N) is 1. The van der Waals surface area contributed by atoms with Crippen molar-refractivity contribution in [2.45, 2.75) is 13.8 Å². The highest BCUT2D eigenvalue weighted by atomic mass is 19.1. The van der Waals surface area contributed by atoms with Gasteiger partial charge in [-0.25, -0.2) is 9.18 Å². The van der Waals surface area contributed by atoms with Gasteiger partial charge in [-0.3, -0.25) is 4.79 Å². The van der Waals surface area contributed by atoms with E-state index in [0.717, 1.165) is 5.56 Å². The van der Waals surface area contributed by atoms with Crippen LogP contribution in [0, 0.1) is 19.7 Å². The van der Waals surface area contributed by atoms with Crippen molar-refractivity contribution in [2.75, 3.05) is 18.5 Å². The average Bonchev–Trinajstić information content (AvgIpc) is 2.54. The smallest absolute Gasteiger partial charge is 0.344 e. The van der Waals surface area contributed by atoms with E-state index in [9.17, 15) is 14.0 Å². The highest BCUT2D eigenvalue weighted by molar-refractivity contribution is 5.92. The number of esters is 1. The van der Waals surface area contributed by atoms with E-state index in [-0.39, 0.29) is 6.61 Å². The lowest BCUT2D eigenvalue weighted by atomic mass is 10.2. The van der Waals surface area contributed by atoms with E-state index in [1.807, 2.05) is 19.1 Å². The van der Waals surface area contributed by atoms with E-state index in [4.69, 9.17) is 9.47 Å². The molecule has 2 aromatic carbocycles. The monoisotopic (exact) mass is 331 g/mol. The molecule has 2 aromatic rings. The van der Waals surface area contributed by atoms with Crippen LogP contribution in [-0.4, -0.2) is 25.1 Å². The van der Waals surface area contributed by atoms with Gasteiger partial charge in [0.05, 0.1) is 0 Å². The molecule has 0 saturated carbocycles. The number of aryl methyl sites for hydroxylation is 2. The minimum atomic E-state index is -0.665. The van der Waals surface area contributed by atoms with Crippen molar-refractivity contribution in [3.63, 3.8) is 0 Å². The first-order chi connectivity index (χ1) is 11.4. The molecule has 1 N–H and O–H groups in total. The molecule has 0 heterocycles. The van der Waals surface area contributed by atoms with E-state index in [1.54, 1.807) is 31.2 Å². The molecule has 0 bridgehead atoms. The Hall–Kier alpha value is -2.89. The van der Waals surface area contributed by atoms with Gasteiger partial charge in [-0.05, 0) is 49.2 Å². The van der Waals surface area contributed by atoms with Gasteiger partial charge in [0.2, 0.25) is 0 Å². The third kappa shape index (κ3) is 5.39. The van der Waals surface area contributed by atoms with Crippen molar-refractivity contribution in [1.82, 2.24) is 0 Å². The van der Waals surface area contributed by atoms with Crippen molar-refractivity contribution >= 4 is 17.6 Å². The van der Waals surface area contributed by atoms with Crippen LogP contribution in [0.5, 0.6) is 5.75 Å². The first kappa shape index (κ1) is 17.5. The second kappa shape index (κ2) is 8.10. The Morgan fingerprint density at radius 1 is 1.08 bits per heavy atom. The highest BCUT2D eigenvalue weighted by Crippen LogP contribution is 2.14. The minimum absolute atomic E-state index is 0.296. The first-order valence-corrected chi connectivity index (χ1v) is 7.35. The summed E-state index contributed by atoms with van der Waals surface area (Å²) in [6, 6.07) is 11.5. The van der Waals surface area contributed by atoms with Gasteiger partial charge in [0.25, 0.3) is 5.91 Å². The summed E-state index contributed by atoms with van der Waals surface area (Å²) in [5, 5.41) is 2.45. The number of rotatable bonds is 6. The summed E-state index contributed by atoms with van der Waals surface area (Å²) < 4.78 is 23.5. The lowest BCUT2D eigenvalue weighted by Crippen LogP contribution is -2.23. The molecule has 0 atom stereocenters. The van der Waals surface area contributed by atoms with Crippen LogP contribution < -0.4 is 10.1 Å². The van der Waals surface area contributed by atoms with Gasteiger partial charge in [0, 0.05) is 5.69 Å². The van der Waals surface area contributed by atoms with E-state index >= 15 is 0 Å². The molecule has 1 amide bonds. The third-order valence-electron chi connectivity index (χ3n) is 3.17. The van der Waals surface area contributed by atoms with Gasteiger partial charge in [-0.2, -0.15) is 0 Å². The molecule has 0 spiro atoms. The van der Waals surface area contributed by atoms with E-state index in [1.165, 1.54) is 6.07 Å². The number of halogens is 1. The van der Waals surface area contributed by atoms with Gasteiger partial charge < -0.3 is 14.8 Å². The minimum Gasteiger partial charge on any atom is -0.482 e. The van der Waals surface area contributed by atoms with Crippen LogP contribution in [0.1, 0.15) is 11.1 Å². The summed E-state index contributed by atoms with van der Waals surface area (Å²) in [4.78, 5) is 23.3. The Kier molecular flexibility index (Phi) is 5.89. The SMILES string of the molecule is Cc1cccc(OCC(=O)OCC(=O)Nc2ccc(C)c(F)c2)c1.